The quantitative estimate of drug-likeness (QED) is 0.435. The summed E-state index contributed by atoms with van der Waals surface area (Å²) in [5, 5.41) is 7.49. The van der Waals surface area contributed by atoms with Gasteiger partial charge in [-0.15, -0.1) is 12.4 Å². The maximum absolute atomic E-state index is 12.9. The highest BCUT2D eigenvalue weighted by molar-refractivity contribution is 5.92. The Kier molecular flexibility index (Phi) is 7.67. The van der Waals surface area contributed by atoms with Crippen molar-refractivity contribution in [2.45, 2.75) is 19.5 Å². The Hall–Kier alpha value is -3.13. The summed E-state index contributed by atoms with van der Waals surface area (Å²) in [6.45, 7) is 5.38. The molecule has 34 heavy (non-hydrogen) atoms. The number of nitrogens with one attached hydrogen (secondary N) is 2. The molecule has 0 spiro atoms. The number of hydrogen-bond donors (Lipinski definition) is 2. The Balaban J connectivity index is 0.00000274. The van der Waals surface area contributed by atoms with Crippen LogP contribution in [-0.4, -0.2) is 40.6 Å². The van der Waals surface area contributed by atoms with Crippen molar-refractivity contribution in [2.75, 3.05) is 31.5 Å². The first-order valence-corrected chi connectivity index (χ1v) is 11.5. The lowest BCUT2D eigenvalue weighted by molar-refractivity contribution is 0.262. The first-order chi connectivity index (χ1) is 16.2. The molecule has 0 atom stereocenters. The van der Waals surface area contributed by atoms with E-state index in [1.54, 1.807) is 17.8 Å². The lowest BCUT2D eigenvalue weighted by atomic mass is 10.1. The van der Waals surface area contributed by atoms with Crippen LogP contribution in [0.5, 0.6) is 0 Å². The molecule has 8 heteroatoms. The number of hydrogen-bond acceptors (Lipinski definition) is 6. The van der Waals surface area contributed by atoms with Gasteiger partial charge in [-0.3, -0.25) is 14.7 Å². The van der Waals surface area contributed by atoms with Crippen LogP contribution in [0.15, 0.2) is 70.1 Å². The molecule has 2 N–H and O–H groups in total. The number of rotatable bonds is 6. The molecule has 0 amide bonds. The third kappa shape index (κ3) is 5.33. The van der Waals surface area contributed by atoms with E-state index in [4.69, 9.17) is 4.42 Å². The fourth-order valence-electron chi connectivity index (χ4n) is 4.36. The van der Waals surface area contributed by atoms with Crippen molar-refractivity contribution < 1.29 is 4.42 Å². The van der Waals surface area contributed by atoms with E-state index in [1.165, 1.54) is 0 Å². The zero-order chi connectivity index (χ0) is 22.6. The summed E-state index contributed by atoms with van der Waals surface area (Å²) < 4.78 is 7.94. The predicted octanol–water partition coefficient (Wildman–Crippen LogP) is 4.02. The topological polar surface area (TPSA) is 75.3 Å². The Labute approximate surface area is 205 Å². The number of furan rings is 1. The Morgan fingerprint density at radius 3 is 2.88 bits per heavy atom. The fraction of sp³-hybridized carbons (Fsp3) is 0.308. The monoisotopic (exact) mass is 479 g/mol. The van der Waals surface area contributed by atoms with Gasteiger partial charge in [-0.1, -0.05) is 18.2 Å². The number of benzene rings is 1. The van der Waals surface area contributed by atoms with E-state index in [9.17, 15) is 4.79 Å². The molecular formula is C26H30ClN5O2. The third-order valence-electron chi connectivity index (χ3n) is 6.09. The zero-order valence-corrected chi connectivity index (χ0v) is 20.1. The van der Waals surface area contributed by atoms with Crippen molar-refractivity contribution in [3.8, 4) is 11.1 Å². The van der Waals surface area contributed by atoms with Gasteiger partial charge in [0.1, 0.15) is 11.3 Å². The molecule has 0 radical (unpaired) electrons. The molecule has 1 saturated heterocycles. The van der Waals surface area contributed by atoms with Crippen LogP contribution in [0.2, 0.25) is 0 Å². The van der Waals surface area contributed by atoms with Crippen LogP contribution in [0.3, 0.4) is 0 Å². The van der Waals surface area contributed by atoms with Gasteiger partial charge in [0, 0.05) is 43.8 Å². The van der Waals surface area contributed by atoms with Crippen molar-refractivity contribution >= 4 is 29.1 Å². The highest BCUT2D eigenvalue weighted by Crippen LogP contribution is 2.31. The molecule has 3 aromatic heterocycles. The maximum atomic E-state index is 12.9. The summed E-state index contributed by atoms with van der Waals surface area (Å²) in [7, 11) is 1.79. The normalized spacial score (nSPS) is 14.5. The van der Waals surface area contributed by atoms with Gasteiger partial charge < -0.3 is 19.6 Å². The van der Waals surface area contributed by atoms with Crippen molar-refractivity contribution in [3.05, 3.63) is 82.7 Å². The third-order valence-corrected chi connectivity index (χ3v) is 6.09. The Morgan fingerprint density at radius 2 is 2.03 bits per heavy atom. The molecular weight excluding hydrogens is 450 g/mol. The second-order valence-corrected chi connectivity index (χ2v) is 8.55. The highest BCUT2D eigenvalue weighted by Gasteiger charge is 2.17. The van der Waals surface area contributed by atoms with Crippen LogP contribution < -0.4 is 16.2 Å². The first kappa shape index (κ1) is 24.0. The van der Waals surface area contributed by atoms with E-state index >= 15 is 0 Å². The summed E-state index contributed by atoms with van der Waals surface area (Å²) >= 11 is 0. The lowest BCUT2D eigenvalue weighted by Crippen LogP contribution is -2.27. The van der Waals surface area contributed by atoms with E-state index in [-0.39, 0.29) is 18.0 Å². The number of aromatic nitrogens is 2. The van der Waals surface area contributed by atoms with Gasteiger partial charge in [0.15, 0.2) is 0 Å². The van der Waals surface area contributed by atoms with Crippen molar-refractivity contribution in [3.63, 3.8) is 0 Å². The van der Waals surface area contributed by atoms with Gasteiger partial charge in [0.2, 0.25) is 0 Å². The van der Waals surface area contributed by atoms with Crippen LogP contribution in [0.25, 0.3) is 22.1 Å². The highest BCUT2D eigenvalue weighted by atomic mass is 35.5. The lowest BCUT2D eigenvalue weighted by Gasteiger charge is -2.17. The van der Waals surface area contributed by atoms with Crippen molar-refractivity contribution in [2.24, 2.45) is 7.05 Å². The van der Waals surface area contributed by atoms with E-state index < -0.39 is 0 Å². The number of fused-ring (bicyclic) bond motifs is 1. The summed E-state index contributed by atoms with van der Waals surface area (Å²) in [6, 6.07) is 16.0. The molecule has 7 nitrogen and oxygen atoms in total. The molecule has 178 valence electrons. The molecule has 1 fully saturated rings. The molecule has 4 heterocycles. The van der Waals surface area contributed by atoms with E-state index in [0.29, 0.717) is 24.1 Å². The minimum Gasteiger partial charge on any atom is -0.459 e. The standard InChI is InChI=1S/C26H29N5O2.ClH/c1-30-18-24(19-6-4-8-20(14-19)29-16-21-7-2-3-10-28-21)25-23(26(30)32)15-22(33-25)17-31-12-5-9-27-11-13-31;/h2-4,6-8,10,14-15,18,27,29H,5,9,11-13,16-17H2,1H3;1H. The Bertz CT molecular complexity index is 1290. The molecule has 1 aliphatic rings. The number of nitrogens with zero attached hydrogens (tertiary/aromatic N) is 3. The molecule has 0 aliphatic carbocycles. The molecule has 0 unspecified atom stereocenters. The van der Waals surface area contributed by atoms with Crippen LogP contribution in [0.4, 0.5) is 5.69 Å². The van der Waals surface area contributed by atoms with Crippen LogP contribution >= 0.6 is 12.4 Å². The molecule has 0 bridgehead atoms. The second kappa shape index (κ2) is 10.9. The molecule has 0 saturated carbocycles. The minimum atomic E-state index is -0.0364. The minimum absolute atomic E-state index is 0. The number of pyridine rings is 2. The van der Waals surface area contributed by atoms with Crippen LogP contribution in [-0.2, 0) is 20.1 Å². The van der Waals surface area contributed by atoms with Gasteiger partial charge in [-0.2, -0.15) is 0 Å². The molecule has 1 aliphatic heterocycles. The largest absolute Gasteiger partial charge is 0.459 e. The van der Waals surface area contributed by atoms with E-state index in [2.05, 4.69) is 26.6 Å². The summed E-state index contributed by atoms with van der Waals surface area (Å²) in [5.41, 5.74) is 4.50. The van der Waals surface area contributed by atoms with Crippen LogP contribution in [0.1, 0.15) is 17.9 Å². The van der Waals surface area contributed by atoms with E-state index in [1.807, 2.05) is 48.7 Å². The zero-order valence-electron chi connectivity index (χ0n) is 19.3. The van der Waals surface area contributed by atoms with E-state index in [0.717, 1.165) is 60.9 Å². The van der Waals surface area contributed by atoms with Crippen molar-refractivity contribution in [1.82, 2.24) is 19.8 Å². The Morgan fingerprint density at radius 1 is 1.12 bits per heavy atom. The van der Waals surface area contributed by atoms with Gasteiger partial charge >= 0.3 is 0 Å². The number of aryl methyl sites for hydroxylation is 1. The maximum Gasteiger partial charge on any atom is 0.261 e. The summed E-state index contributed by atoms with van der Waals surface area (Å²) in [5.74, 6) is 0.834. The molecule has 4 aromatic rings. The summed E-state index contributed by atoms with van der Waals surface area (Å²) in [6.07, 6.45) is 4.78. The van der Waals surface area contributed by atoms with Gasteiger partial charge in [-0.05, 0) is 55.4 Å². The first-order valence-electron chi connectivity index (χ1n) is 11.5. The van der Waals surface area contributed by atoms with Gasteiger partial charge in [-0.25, -0.2) is 0 Å². The average molecular weight is 480 g/mol. The number of anilines is 1. The van der Waals surface area contributed by atoms with Gasteiger partial charge in [0.25, 0.3) is 5.56 Å². The summed E-state index contributed by atoms with van der Waals surface area (Å²) in [4.78, 5) is 19.6. The second-order valence-electron chi connectivity index (χ2n) is 8.55. The smallest absolute Gasteiger partial charge is 0.261 e. The SMILES string of the molecule is Cl.Cn1cc(-c2cccc(NCc3ccccn3)c2)c2oc(CN3CCCNCC3)cc2c1=O. The number of halogens is 1. The molecule has 5 rings (SSSR count). The fourth-order valence-corrected chi connectivity index (χ4v) is 4.36. The van der Waals surface area contributed by atoms with Gasteiger partial charge in [0.05, 0.1) is 24.2 Å². The van der Waals surface area contributed by atoms with Crippen molar-refractivity contribution in [1.29, 1.82) is 0 Å². The predicted molar refractivity (Wildman–Crippen MR) is 138 cm³/mol. The average Bonchev–Trinajstić information content (AvgIpc) is 3.09. The van der Waals surface area contributed by atoms with Crippen LogP contribution in [0, 0.1) is 0 Å². The molecule has 1 aromatic carbocycles.